The number of hydrogen-bond acceptors (Lipinski definition) is 3. The van der Waals surface area contributed by atoms with Gasteiger partial charge in [0.2, 0.25) is 0 Å². The molecule has 0 amide bonds. The van der Waals surface area contributed by atoms with Crippen LogP contribution in [0.3, 0.4) is 0 Å². The fourth-order valence-corrected chi connectivity index (χ4v) is 4.32. The monoisotopic (exact) mass is 246 g/mol. The van der Waals surface area contributed by atoms with Gasteiger partial charge in [-0.05, 0) is 49.6 Å². The number of nitrogens with one attached hydrogen (secondary N) is 1. The van der Waals surface area contributed by atoms with Crippen molar-refractivity contribution in [1.82, 2.24) is 5.32 Å². The molecule has 2 bridgehead atoms. The van der Waals surface area contributed by atoms with E-state index >= 15 is 0 Å². The van der Waals surface area contributed by atoms with Gasteiger partial charge in [-0.2, -0.15) is 5.26 Å². The van der Waals surface area contributed by atoms with Gasteiger partial charge in [-0.1, -0.05) is 6.42 Å². The zero-order valence-corrected chi connectivity index (χ0v) is 10.8. The molecule has 1 aromatic rings. The molecule has 1 heterocycles. The first-order chi connectivity index (χ1) is 8.35. The van der Waals surface area contributed by atoms with E-state index in [-0.39, 0.29) is 0 Å². The van der Waals surface area contributed by atoms with Gasteiger partial charge in [0.25, 0.3) is 0 Å². The van der Waals surface area contributed by atoms with E-state index in [1.54, 1.807) is 11.3 Å². The van der Waals surface area contributed by atoms with Crippen LogP contribution >= 0.6 is 11.3 Å². The molecule has 1 aromatic heterocycles. The Morgan fingerprint density at radius 2 is 2.35 bits per heavy atom. The third-order valence-corrected chi connectivity index (χ3v) is 5.31. The molecule has 3 rings (SSSR count). The van der Waals surface area contributed by atoms with E-state index in [4.69, 9.17) is 5.26 Å². The molecule has 2 fully saturated rings. The minimum absolute atomic E-state index is 0.798. The quantitative estimate of drug-likeness (QED) is 0.886. The van der Waals surface area contributed by atoms with Crippen LogP contribution in [0.15, 0.2) is 11.4 Å². The summed E-state index contributed by atoms with van der Waals surface area (Å²) in [6.07, 6.45) is 5.89. The maximum atomic E-state index is 8.76. The van der Waals surface area contributed by atoms with Crippen molar-refractivity contribution >= 4 is 11.3 Å². The predicted molar refractivity (Wildman–Crippen MR) is 69.7 cm³/mol. The Morgan fingerprint density at radius 3 is 3.00 bits per heavy atom. The molecule has 2 saturated carbocycles. The Labute approximate surface area is 107 Å². The molecule has 2 nitrogen and oxygen atoms in total. The van der Waals surface area contributed by atoms with Gasteiger partial charge in [0.15, 0.2) is 0 Å². The lowest BCUT2D eigenvalue weighted by atomic mass is 9.89. The number of hydrogen-bond donors (Lipinski definition) is 1. The van der Waals surface area contributed by atoms with Crippen LogP contribution in [0.5, 0.6) is 0 Å². The fourth-order valence-electron chi connectivity index (χ4n) is 3.54. The van der Waals surface area contributed by atoms with Gasteiger partial charge in [0, 0.05) is 16.8 Å². The molecule has 2 aliphatic rings. The molecule has 3 heteroatoms. The van der Waals surface area contributed by atoms with Gasteiger partial charge in [-0.3, -0.25) is 0 Å². The topological polar surface area (TPSA) is 35.8 Å². The second-order valence-electron chi connectivity index (χ2n) is 5.48. The Balaban J connectivity index is 1.45. The lowest BCUT2D eigenvalue weighted by Gasteiger charge is -2.21. The maximum Gasteiger partial charge on any atom is 0.100 e. The summed E-state index contributed by atoms with van der Waals surface area (Å²) in [5, 5.41) is 14.3. The van der Waals surface area contributed by atoms with Gasteiger partial charge in [-0.25, -0.2) is 0 Å². The van der Waals surface area contributed by atoms with Crippen LogP contribution in [0.25, 0.3) is 0 Å². The molecule has 2 aliphatic carbocycles. The Bertz CT molecular complexity index is 432. The Morgan fingerprint density at radius 1 is 1.41 bits per heavy atom. The van der Waals surface area contributed by atoms with Gasteiger partial charge >= 0.3 is 0 Å². The minimum Gasteiger partial charge on any atom is -0.312 e. The molecule has 0 aliphatic heterocycles. The number of nitrogens with zero attached hydrogens (tertiary/aromatic N) is 1. The highest BCUT2D eigenvalue weighted by molar-refractivity contribution is 7.10. The predicted octanol–water partition coefficient (Wildman–Crippen LogP) is 3.15. The van der Waals surface area contributed by atoms with Crippen molar-refractivity contribution in [3.8, 4) is 6.07 Å². The van der Waals surface area contributed by atoms with E-state index in [1.807, 2.05) is 11.4 Å². The largest absolute Gasteiger partial charge is 0.312 e. The summed E-state index contributed by atoms with van der Waals surface area (Å²) in [5.41, 5.74) is 0.798. The van der Waals surface area contributed by atoms with Crippen LogP contribution < -0.4 is 5.32 Å². The highest BCUT2D eigenvalue weighted by Crippen LogP contribution is 2.47. The normalized spacial score (nSPS) is 30.6. The molecule has 3 unspecified atom stereocenters. The molecule has 0 spiro atoms. The highest BCUT2D eigenvalue weighted by Gasteiger charge is 2.38. The first kappa shape index (κ1) is 11.3. The van der Waals surface area contributed by atoms with Crippen molar-refractivity contribution < 1.29 is 0 Å². The van der Waals surface area contributed by atoms with Gasteiger partial charge in [0.05, 0.1) is 5.56 Å². The molecular formula is C14H18N2S. The molecule has 0 saturated heterocycles. The van der Waals surface area contributed by atoms with Crippen LogP contribution in [0, 0.1) is 29.1 Å². The van der Waals surface area contributed by atoms with Crippen molar-refractivity contribution in [3.63, 3.8) is 0 Å². The summed E-state index contributed by atoms with van der Waals surface area (Å²) in [7, 11) is 0. The Kier molecular flexibility index (Phi) is 3.17. The van der Waals surface area contributed by atoms with Gasteiger partial charge < -0.3 is 5.32 Å². The maximum absolute atomic E-state index is 8.76. The van der Waals surface area contributed by atoms with E-state index in [2.05, 4.69) is 11.4 Å². The average molecular weight is 246 g/mol. The first-order valence-electron chi connectivity index (χ1n) is 6.53. The summed E-state index contributed by atoms with van der Waals surface area (Å²) in [5.74, 6) is 2.97. The molecule has 0 radical (unpaired) electrons. The second kappa shape index (κ2) is 4.80. The van der Waals surface area contributed by atoms with E-state index in [0.29, 0.717) is 0 Å². The zero-order valence-electron chi connectivity index (χ0n) is 9.98. The van der Waals surface area contributed by atoms with Crippen molar-refractivity contribution in [3.05, 3.63) is 21.9 Å². The van der Waals surface area contributed by atoms with Crippen molar-refractivity contribution in [2.45, 2.75) is 32.2 Å². The molecule has 17 heavy (non-hydrogen) atoms. The van der Waals surface area contributed by atoms with E-state index < -0.39 is 0 Å². The van der Waals surface area contributed by atoms with E-state index in [0.717, 1.165) is 29.9 Å². The molecule has 3 atom stereocenters. The number of thiophene rings is 1. The van der Waals surface area contributed by atoms with Crippen LogP contribution in [-0.2, 0) is 6.54 Å². The van der Waals surface area contributed by atoms with Crippen LogP contribution in [0.1, 0.15) is 36.1 Å². The number of fused-ring (bicyclic) bond motifs is 2. The smallest absolute Gasteiger partial charge is 0.100 e. The van der Waals surface area contributed by atoms with E-state index in [1.165, 1.54) is 37.1 Å². The minimum atomic E-state index is 0.798. The fraction of sp³-hybridized carbons (Fsp3) is 0.643. The van der Waals surface area contributed by atoms with Gasteiger partial charge in [0.1, 0.15) is 6.07 Å². The second-order valence-corrected chi connectivity index (χ2v) is 6.48. The summed E-state index contributed by atoms with van der Waals surface area (Å²) >= 11 is 1.69. The number of nitriles is 1. The molecule has 90 valence electrons. The zero-order chi connectivity index (χ0) is 11.7. The summed E-state index contributed by atoms with van der Waals surface area (Å²) in [4.78, 5) is 1.28. The van der Waals surface area contributed by atoms with Crippen LogP contribution in [0.2, 0.25) is 0 Å². The molecule has 0 aromatic carbocycles. The summed E-state index contributed by atoms with van der Waals surface area (Å²) < 4.78 is 0. The van der Waals surface area contributed by atoms with Crippen molar-refractivity contribution in [2.75, 3.05) is 6.54 Å². The summed E-state index contributed by atoms with van der Waals surface area (Å²) in [6.45, 7) is 2.10. The Hall–Kier alpha value is -0.850. The molecular weight excluding hydrogens is 228 g/mol. The van der Waals surface area contributed by atoms with Gasteiger partial charge in [-0.15, -0.1) is 11.3 Å². The number of rotatable bonds is 4. The summed E-state index contributed by atoms with van der Waals surface area (Å²) in [6, 6.07) is 4.18. The van der Waals surface area contributed by atoms with E-state index in [9.17, 15) is 0 Å². The third kappa shape index (κ3) is 2.38. The first-order valence-corrected chi connectivity index (χ1v) is 7.41. The molecule has 1 N–H and O–H groups in total. The van der Waals surface area contributed by atoms with Crippen molar-refractivity contribution in [2.24, 2.45) is 17.8 Å². The highest BCUT2D eigenvalue weighted by atomic mass is 32.1. The SMILES string of the molecule is N#Cc1csc(CNCC2CC3CCC2C3)c1. The third-order valence-electron chi connectivity index (χ3n) is 4.37. The van der Waals surface area contributed by atoms with Crippen LogP contribution in [0.4, 0.5) is 0 Å². The lowest BCUT2D eigenvalue weighted by molar-refractivity contribution is 0.319. The van der Waals surface area contributed by atoms with Crippen LogP contribution in [-0.4, -0.2) is 6.54 Å². The van der Waals surface area contributed by atoms with Crippen molar-refractivity contribution in [1.29, 1.82) is 5.26 Å². The lowest BCUT2D eigenvalue weighted by Crippen LogP contribution is -2.25. The average Bonchev–Trinajstić information content (AvgIpc) is 3.04. The standard InChI is InChI=1S/C14H18N2S/c15-6-11-5-14(17-9-11)8-16-7-13-4-10-1-2-12(13)3-10/h5,9-10,12-13,16H,1-4,7-8H2.